The molecule has 4 nitrogen and oxygen atoms in total. The molecule has 1 aromatic heterocycles. The second-order valence-corrected chi connectivity index (χ2v) is 5.96. The Kier molecular flexibility index (Phi) is 4.98. The molecule has 0 fully saturated rings. The Labute approximate surface area is 128 Å². The van der Waals surface area contributed by atoms with Crippen LogP contribution in [0.5, 0.6) is 5.75 Å². The Morgan fingerprint density at radius 1 is 1.33 bits per heavy atom. The molecule has 1 N–H and O–H groups in total. The van der Waals surface area contributed by atoms with Gasteiger partial charge in [0, 0.05) is 11.4 Å². The fourth-order valence-corrected chi connectivity index (χ4v) is 3.22. The number of rotatable bonds is 6. The smallest absolute Gasteiger partial charge is 0.325 e. The highest BCUT2D eigenvalue weighted by atomic mass is 32.1. The normalized spacial score (nSPS) is 12.4. The van der Waals surface area contributed by atoms with Crippen molar-refractivity contribution in [2.45, 2.75) is 19.5 Å². The average Bonchev–Trinajstić information content (AvgIpc) is 2.85. The SMILES string of the molecule is COc1ccc(C(C(=O)O)N(C)Cc2sccc2C)cc1. The molecule has 0 aliphatic heterocycles. The zero-order valence-corrected chi connectivity index (χ0v) is 13.2. The lowest BCUT2D eigenvalue weighted by molar-refractivity contribution is -0.143. The molecule has 1 aromatic carbocycles. The largest absolute Gasteiger partial charge is 0.497 e. The summed E-state index contributed by atoms with van der Waals surface area (Å²) in [5.41, 5.74) is 1.95. The molecule has 0 spiro atoms. The van der Waals surface area contributed by atoms with E-state index in [1.807, 2.05) is 24.3 Å². The number of benzene rings is 1. The van der Waals surface area contributed by atoms with Crippen LogP contribution in [-0.4, -0.2) is 30.1 Å². The zero-order valence-electron chi connectivity index (χ0n) is 12.4. The topological polar surface area (TPSA) is 49.8 Å². The maximum absolute atomic E-state index is 11.6. The van der Waals surface area contributed by atoms with Crippen LogP contribution in [-0.2, 0) is 11.3 Å². The minimum absolute atomic E-state index is 0.618. The second-order valence-electron chi connectivity index (χ2n) is 4.96. The van der Waals surface area contributed by atoms with Crippen molar-refractivity contribution in [3.63, 3.8) is 0 Å². The van der Waals surface area contributed by atoms with Gasteiger partial charge in [-0.2, -0.15) is 0 Å². The minimum atomic E-state index is -0.850. The molecule has 2 rings (SSSR count). The molecule has 0 amide bonds. The van der Waals surface area contributed by atoms with E-state index in [9.17, 15) is 9.90 Å². The number of nitrogens with zero attached hydrogens (tertiary/aromatic N) is 1. The van der Waals surface area contributed by atoms with Gasteiger partial charge in [0.1, 0.15) is 11.8 Å². The van der Waals surface area contributed by atoms with Gasteiger partial charge in [-0.05, 0) is 48.7 Å². The van der Waals surface area contributed by atoms with Crippen LogP contribution in [0.4, 0.5) is 0 Å². The predicted molar refractivity (Wildman–Crippen MR) is 83.9 cm³/mol. The number of aliphatic carboxylic acids is 1. The van der Waals surface area contributed by atoms with Gasteiger partial charge in [0.05, 0.1) is 7.11 Å². The Balaban J connectivity index is 2.21. The molecule has 0 radical (unpaired) electrons. The van der Waals surface area contributed by atoms with Crippen LogP contribution >= 0.6 is 11.3 Å². The maximum atomic E-state index is 11.6. The third-order valence-electron chi connectivity index (χ3n) is 3.47. The van der Waals surface area contributed by atoms with Gasteiger partial charge < -0.3 is 9.84 Å². The molecular weight excluding hydrogens is 286 g/mol. The highest BCUT2D eigenvalue weighted by Crippen LogP contribution is 2.26. The number of hydrogen-bond donors (Lipinski definition) is 1. The summed E-state index contributed by atoms with van der Waals surface area (Å²) < 4.78 is 5.11. The minimum Gasteiger partial charge on any atom is -0.497 e. The number of carbonyl (C=O) groups is 1. The first-order valence-corrected chi connectivity index (χ1v) is 7.51. The van der Waals surface area contributed by atoms with E-state index < -0.39 is 12.0 Å². The number of hydrogen-bond acceptors (Lipinski definition) is 4. The maximum Gasteiger partial charge on any atom is 0.325 e. The van der Waals surface area contributed by atoms with Gasteiger partial charge in [-0.3, -0.25) is 9.69 Å². The molecule has 0 saturated heterocycles. The third-order valence-corrected chi connectivity index (χ3v) is 4.48. The molecule has 0 saturated carbocycles. The summed E-state index contributed by atoms with van der Waals surface area (Å²) in [4.78, 5) is 14.7. The summed E-state index contributed by atoms with van der Waals surface area (Å²) in [5, 5.41) is 11.6. The van der Waals surface area contributed by atoms with E-state index in [1.165, 1.54) is 10.4 Å². The Bertz CT molecular complexity index is 606. The fourth-order valence-electron chi connectivity index (χ4n) is 2.26. The average molecular weight is 305 g/mol. The predicted octanol–water partition coefficient (Wildman–Crippen LogP) is 3.32. The Morgan fingerprint density at radius 2 is 2.00 bits per heavy atom. The van der Waals surface area contributed by atoms with Crippen molar-refractivity contribution < 1.29 is 14.6 Å². The number of likely N-dealkylation sites (N-methyl/N-ethyl adjacent to an activating group) is 1. The number of thiophene rings is 1. The molecular formula is C16H19NO3S. The van der Waals surface area contributed by atoms with Crippen molar-refractivity contribution >= 4 is 17.3 Å². The lowest BCUT2D eigenvalue weighted by Gasteiger charge is -2.25. The van der Waals surface area contributed by atoms with E-state index in [0.29, 0.717) is 6.54 Å². The van der Waals surface area contributed by atoms with Crippen LogP contribution in [0.25, 0.3) is 0 Å². The van der Waals surface area contributed by atoms with E-state index in [-0.39, 0.29) is 0 Å². The summed E-state index contributed by atoms with van der Waals surface area (Å²) in [6, 6.07) is 8.56. The van der Waals surface area contributed by atoms with Crippen LogP contribution in [0.15, 0.2) is 35.7 Å². The Hall–Kier alpha value is -1.85. The molecule has 0 aliphatic rings. The summed E-state index contributed by atoms with van der Waals surface area (Å²) in [6.07, 6.45) is 0. The lowest BCUT2D eigenvalue weighted by Crippen LogP contribution is -2.30. The van der Waals surface area contributed by atoms with Gasteiger partial charge in [0.2, 0.25) is 0 Å². The van der Waals surface area contributed by atoms with Crippen molar-refractivity contribution in [2.75, 3.05) is 14.2 Å². The Morgan fingerprint density at radius 3 is 2.48 bits per heavy atom. The molecule has 1 heterocycles. The zero-order chi connectivity index (χ0) is 15.4. The van der Waals surface area contributed by atoms with Crippen LogP contribution in [0.2, 0.25) is 0 Å². The molecule has 2 aromatic rings. The highest BCUT2D eigenvalue weighted by molar-refractivity contribution is 7.10. The van der Waals surface area contributed by atoms with Crippen molar-refractivity contribution in [2.24, 2.45) is 0 Å². The van der Waals surface area contributed by atoms with E-state index in [4.69, 9.17) is 4.74 Å². The summed E-state index contributed by atoms with van der Waals surface area (Å²) in [5.74, 6) is -0.128. The van der Waals surface area contributed by atoms with E-state index in [0.717, 1.165) is 11.3 Å². The molecule has 0 bridgehead atoms. The molecule has 1 atom stereocenters. The van der Waals surface area contributed by atoms with Gasteiger partial charge in [-0.1, -0.05) is 12.1 Å². The van der Waals surface area contributed by atoms with Gasteiger partial charge in [0.25, 0.3) is 0 Å². The standard InChI is InChI=1S/C16H19NO3S/c1-11-8-9-21-14(11)10-17(2)15(16(18)19)12-4-6-13(20-3)7-5-12/h4-9,15H,10H2,1-3H3,(H,18,19). The highest BCUT2D eigenvalue weighted by Gasteiger charge is 2.25. The molecule has 5 heteroatoms. The summed E-state index contributed by atoms with van der Waals surface area (Å²) >= 11 is 1.65. The number of carboxylic acid groups (broad SMARTS) is 1. The summed E-state index contributed by atoms with van der Waals surface area (Å²) in [7, 11) is 3.43. The first-order chi connectivity index (χ1) is 10.0. The number of carboxylic acids is 1. The fraction of sp³-hybridized carbons (Fsp3) is 0.312. The molecule has 21 heavy (non-hydrogen) atoms. The van der Waals surface area contributed by atoms with Gasteiger partial charge in [-0.25, -0.2) is 0 Å². The van der Waals surface area contributed by atoms with Gasteiger partial charge >= 0.3 is 5.97 Å². The van der Waals surface area contributed by atoms with Crippen molar-refractivity contribution in [3.8, 4) is 5.75 Å². The van der Waals surface area contributed by atoms with Crippen LogP contribution < -0.4 is 4.74 Å². The van der Waals surface area contributed by atoms with Crippen molar-refractivity contribution in [1.29, 1.82) is 0 Å². The molecule has 1 unspecified atom stereocenters. The summed E-state index contributed by atoms with van der Waals surface area (Å²) in [6.45, 7) is 2.66. The number of methoxy groups -OCH3 is 1. The third kappa shape index (κ3) is 3.62. The molecule has 112 valence electrons. The second kappa shape index (κ2) is 6.74. The van der Waals surface area contributed by atoms with Crippen molar-refractivity contribution in [3.05, 3.63) is 51.7 Å². The van der Waals surface area contributed by atoms with E-state index in [1.54, 1.807) is 42.7 Å². The van der Waals surface area contributed by atoms with E-state index >= 15 is 0 Å². The van der Waals surface area contributed by atoms with Crippen LogP contribution in [0.3, 0.4) is 0 Å². The number of ether oxygens (including phenoxy) is 1. The first-order valence-electron chi connectivity index (χ1n) is 6.63. The van der Waals surface area contributed by atoms with Gasteiger partial charge in [-0.15, -0.1) is 11.3 Å². The first kappa shape index (κ1) is 15.5. The van der Waals surface area contributed by atoms with Gasteiger partial charge in [0.15, 0.2) is 0 Å². The van der Waals surface area contributed by atoms with Crippen molar-refractivity contribution in [1.82, 2.24) is 4.90 Å². The van der Waals surface area contributed by atoms with E-state index in [2.05, 4.69) is 6.07 Å². The quantitative estimate of drug-likeness (QED) is 0.889. The van der Waals surface area contributed by atoms with Crippen LogP contribution in [0.1, 0.15) is 22.0 Å². The monoisotopic (exact) mass is 305 g/mol. The van der Waals surface area contributed by atoms with Crippen LogP contribution in [0, 0.1) is 6.92 Å². The molecule has 0 aliphatic carbocycles. The number of aryl methyl sites for hydroxylation is 1. The lowest BCUT2D eigenvalue weighted by atomic mass is 10.1.